The summed E-state index contributed by atoms with van der Waals surface area (Å²) in [7, 11) is 0. The van der Waals surface area contributed by atoms with E-state index >= 15 is 0 Å². The molecule has 0 bridgehead atoms. The maximum atomic E-state index is 10.2. The molecule has 194 valence electrons. The number of nitrogens with zero attached hydrogens (tertiary/aromatic N) is 3. The van der Waals surface area contributed by atoms with Crippen LogP contribution in [0.4, 0.5) is 17.1 Å². The third kappa shape index (κ3) is 3.53. The third-order valence-electron chi connectivity index (χ3n) is 8.07. The van der Waals surface area contributed by atoms with E-state index in [1.165, 1.54) is 9.79 Å². The van der Waals surface area contributed by atoms with Crippen molar-refractivity contribution in [3.63, 3.8) is 0 Å². The van der Waals surface area contributed by atoms with E-state index in [9.17, 15) is 10.5 Å². The Labute approximate surface area is 247 Å². The van der Waals surface area contributed by atoms with Crippen molar-refractivity contribution in [3.8, 4) is 23.3 Å². The Hall–Kier alpha value is -5.55. The van der Waals surface area contributed by atoms with Crippen molar-refractivity contribution < 1.29 is 0 Å². The lowest BCUT2D eigenvalue weighted by Crippen LogP contribution is -2.15. The molecule has 0 atom stereocenters. The molecule has 1 heterocycles. The lowest BCUT2D eigenvalue weighted by molar-refractivity contribution is 1.18. The Kier molecular flexibility index (Phi) is 5.50. The number of rotatable bonds is 2. The van der Waals surface area contributed by atoms with Crippen LogP contribution in [-0.4, -0.2) is 0 Å². The minimum atomic E-state index is 0.492. The van der Waals surface area contributed by atoms with Gasteiger partial charge in [-0.2, -0.15) is 10.5 Å². The van der Waals surface area contributed by atoms with Crippen LogP contribution < -0.4 is 4.90 Å². The fourth-order valence-electron chi connectivity index (χ4n) is 6.30. The molecule has 0 aromatic heterocycles. The van der Waals surface area contributed by atoms with Gasteiger partial charge in [0.05, 0.1) is 40.3 Å². The number of hydrogen-bond donors (Lipinski definition) is 0. The number of hydrogen-bond acceptors (Lipinski definition) is 4. The van der Waals surface area contributed by atoms with E-state index in [1.54, 1.807) is 30.0 Å². The molecular formula is C38H21N3S. The zero-order valence-electron chi connectivity index (χ0n) is 22.4. The van der Waals surface area contributed by atoms with Crippen LogP contribution in [0.5, 0.6) is 0 Å². The van der Waals surface area contributed by atoms with Crippen LogP contribution in [0.3, 0.4) is 0 Å². The van der Waals surface area contributed by atoms with Gasteiger partial charge in [-0.25, -0.2) is 0 Å². The lowest BCUT2D eigenvalue weighted by atomic mass is 9.85. The summed E-state index contributed by atoms with van der Waals surface area (Å²) >= 11 is 1.79. The summed E-state index contributed by atoms with van der Waals surface area (Å²) in [4.78, 5) is 4.78. The van der Waals surface area contributed by atoms with Crippen LogP contribution in [0.2, 0.25) is 0 Å². The highest BCUT2D eigenvalue weighted by atomic mass is 32.2. The van der Waals surface area contributed by atoms with E-state index in [-0.39, 0.29) is 0 Å². The molecule has 1 aliphatic heterocycles. The third-order valence-corrected chi connectivity index (χ3v) is 9.20. The van der Waals surface area contributed by atoms with Crippen molar-refractivity contribution in [1.29, 1.82) is 10.5 Å². The van der Waals surface area contributed by atoms with Crippen LogP contribution >= 0.6 is 11.8 Å². The molecule has 0 fully saturated rings. The zero-order chi connectivity index (χ0) is 28.2. The average Bonchev–Trinajstić information content (AvgIpc) is 3.05. The standard InChI is InChI=1S/C38H21N3S/c39-22-26-12-9-13-27(23-40)36(26)37-28-14-3-4-15-29(28)38(31-21-25-11-2-1-10-24(25)20-30(31)37)41-32-16-5-7-18-34(32)42-35-19-8-6-17-33(35)41/h1-21H. The van der Waals surface area contributed by atoms with Gasteiger partial charge in [0.1, 0.15) is 0 Å². The van der Waals surface area contributed by atoms with Crippen molar-refractivity contribution in [3.05, 3.63) is 139 Å². The van der Waals surface area contributed by atoms with Gasteiger partial charge in [-0.1, -0.05) is 90.6 Å². The van der Waals surface area contributed by atoms with E-state index in [4.69, 9.17) is 0 Å². The summed E-state index contributed by atoms with van der Waals surface area (Å²) < 4.78 is 0. The maximum absolute atomic E-state index is 10.2. The highest BCUT2D eigenvalue weighted by Gasteiger charge is 2.29. The van der Waals surface area contributed by atoms with Gasteiger partial charge in [-0.15, -0.1) is 0 Å². The van der Waals surface area contributed by atoms with Gasteiger partial charge in [-0.05, 0) is 70.1 Å². The average molecular weight is 552 g/mol. The zero-order valence-corrected chi connectivity index (χ0v) is 23.2. The first-order valence-corrected chi connectivity index (χ1v) is 14.6. The minimum absolute atomic E-state index is 0.492. The Balaban J connectivity index is 1.62. The normalized spacial score (nSPS) is 12.1. The topological polar surface area (TPSA) is 50.8 Å². The number of nitriles is 2. The van der Waals surface area contributed by atoms with Crippen LogP contribution in [0, 0.1) is 22.7 Å². The summed E-state index contributed by atoms with van der Waals surface area (Å²) in [6.45, 7) is 0. The Morgan fingerprint density at radius 1 is 0.476 bits per heavy atom. The Morgan fingerprint density at radius 3 is 1.62 bits per heavy atom. The van der Waals surface area contributed by atoms with Crippen LogP contribution in [0.25, 0.3) is 43.4 Å². The van der Waals surface area contributed by atoms with E-state index < -0.39 is 0 Å². The predicted octanol–water partition coefficient (Wildman–Crippen LogP) is 10.5. The first-order valence-electron chi connectivity index (χ1n) is 13.7. The molecule has 0 radical (unpaired) electrons. The van der Waals surface area contributed by atoms with Crippen LogP contribution in [0.1, 0.15) is 11.1 Å². The minimum Gasteiger partial charge on any atom is -0.307 e. The summed E-state index contributed by atoms with van der Waals surface area (Å²) in [6, 6.07) is 48.5. The van der Waals surface area contributed by atoms with Gasteiger partial charge >= 0.3 is 0 Å². The second kappa shape index (κ2) is 9.53. The highest BCUT2D eigenvalue weighted by molar-refractivity contribution is 7.99. The molecular weight excluding hydrogens is 531 g/mol. The molecule has 1 aliphatic rings. The highest BCUT2D eigenvalue weighted by Crippen LogP contribution is 2.55. The van der Waals surface area contributed by atoms with Crippen molar-refractivity contribution in [2.45, 2.75) is 9.79 Å². The molecule has 7 aromatic carbocycles. The fraction of sp³-hybridized carbons (Fsp3) is 0. The molecule has 4 heteroatoms. The van der Waals surface area contributed by atoms with E-state index in [2.05, 4.69) is 114 Å². The van der Waals surface area contributed by atoms with E-state index in [1.807, 2.05) is 12.1 Å². The van der Waals surface area contributed by atoms with Gasteiger partial charge in [-0.3, -0.25) is 0 Å². The van der Waals surface area contributed by atoms with E-state index in [0.29, 0.717) is 16.7 Å². The Bertz CT molecular complexity index is 2250. The van der Waals surface area contributed by atoms with Gasteiger partial charge in [0.25, 0.3) is 0 Å². The molecule has 0 saturated carbocycles. The molecule has 0 unspecified atom stereocenters. The Morgan fingerprint density at radius 2 is 1.00 bits per heavy atom. The van der Waals surface area contributed by atoms with Gasteiger partial charge in [0.2, 0.25) is 0 Å². The van der Waals surface area contributed by atoms with Crippen molar-refractivity contribution in [2.24, 2.45) is 0 Å². The molecule has 0 spiro atoms. The number of fused-ring (bicyclic) bond motifs is 5. The SMILES string of the molecule is N#Cc1cccc(C#N)c1-c1c2ccccc2c(N2c3ccccc3Sc3ccccc32)c2cc3ccccc3cc12. The largest absolute Gasteiger partial charge is 0.307 e. The monoisotopic (exact) mass is 551 g/mol. The molecule has 7 aromatic rings. The summed E-state index contributed by atoms with van der Waals surface area (Å²) in [5.41, 5.74) is 5.92. The molecule has 0 amide bonds. The van der Waals surface area contributed by atoms with Gasteiger partial charge in [0.15, 0.2) is 0 Å². The smallest absolute Gasteiger partial charge is 0.0998 e. The fourth-order valence-corrected chi connectivity index (χ4v) is 7.36. The molecule has 3 nitrogen and oxygen atoms in total. The lowest BCUT2D eigenvalue weighted by Gasteiger charge is -2.35. The summed E-state index contributed by atoms with van der Waals surface area (Å²) in [6.07, 6.45) is 0. The van der Waals surface area contributed by atoms with Gasteiger partial charge in [0, 0.05) is 31.7 Å². The van der Waals surface area contributed by atoms with Crippen molar-refractivity contribution in [2.75, 3.05) is 4.90 Å². The summed E-state index contributed by atoms with van der Waals surface area (Å²) in [5, 5.41) is 26.8. The van der Waals surface area contributed by atoms with Crippen LogP contribution in [0.15, 0.2) is 137 Å². The first kappa shape index (κ1) is 24.3. The van der Waals surface area contributed by atoms with E-state index in [0.717, 1.165) is 54.9 Å². The quantitative estimate of drug-likeness (QED) is 0.201. The molecule has 8 rings (SSSR count). The van der Waals surface area contributed by atoms with Gasteiger partial charge < -0.3 is 4.90 Å². The van der Waals surface area contributed by atoms with Crippen molar-refractivity contribution >= 4 is 61.1 Å². The molecule has 42 heavy (non-hydrogen) atoms. The maximum Gasteiger partial charge on any atom is 0.0998 e. The molecule has 0 saturated heterocycles. The second-order valence-electron chi connectivity index (χ2n) is 10.3. The van der Waals surface area contributed by atoms with Crippen molar-refractivity contribution in [1.82, 2.24) is 0 Å². The number of anilines is 3. The second-order valence-corrected chi connectivity index (χ2v) is 11.4. The first-order chi connectivity index (χ1) is 20.8. The molecule has 0 N–H and O–H groups in total. The van der Waals surface area contributed by atoms with Crippen LogP contribution in [-0.2, 0) is 0 Å². The summed E-state index contributed by atoms with van der Waals surface area (Å²) in [5.74, 6) is 0. The predicted molar refractivity (Wildman–Crippen MR) is 173 cm³/mol. The number of para-hydroxylation sites is 2. The number of benzene rings is 7. The molecule has 0 aliphatic carbocycles.